The first kappa shape index (κ1) is 20.0. The van der Waals surface area contributed by atoms with Crippen molar-refractivity contribution in [3.8, 4) is 0 Å². The number of nitrogens with zero attached hydrogens (tertiary/aromatic N) is 2. The van der Waals surface area contributed by atoms with Crippen molar-refractivity contribution in [2.24, 2.45) is 0 Å². The van der Waals surface area contributed by atoms with Gasteiger partial charge in [0, 0.05) is 6.54 Å². The molecule has 158 valence electrons. The highest BCUT2D eigenvalue weighted by atomic mass is 32.2. The number of benzene rings is 3. The second kappa shape index (κ2) is 7.62. The highest BCUT2D eigenvalue weighted by molar-refractivity contribution is 7.89. The van der Waals surface area contributed by atoms with E-state index in [2.05, 4.69) is 0 Å². The van der Waals surface area contributed by atoms with Crippen LogP contribution in [0.2, 0.25) is 0 Å². The summed E-state index contributed by atoms with van der Waals surface area (Å²) in [5.41, 5.74) is 3.93. The van der Waals surface area contributed by atoms with Gasteiger partial charge in [-0.05, 0) is 48.6 Å². The van der Waals surface area contributed by atoms with Crippen molar-refractivity contribution in [1.82, 2.24) is 9.21 Å². The first-order valence-corrected chi connectivity index (χ1v) is 11.9. The number of sulfonamides is 1. The van der Waals surface area contributed by atoms with Gasteiger partial charge in [0.1, 0.15) is 12.2 Å². The molecule has 0 aliphatic carbocycles. The van der Waals surface area contributed by atoms with Gasteiger partial charge in [0.2, 0.25) is 15.9 Å². The van der Waals surface area contributed by atoms with Crippen LogP contribution < -0.4 is 0 Å². The Morgan fingerprint density at radius 1 is 0.903 bits per heavy atom. The lowest BCUT2D eigenvalue weighted by Crippen LogP contribution is -2.42. The van der Waals surface area contributed by atoms with Gasteiger partial charge in [-0.3, -0.25) is 4.79 Å². The van der Waals surface area contributed by atoms with Crippen molar-refractivity contribution in [2.45, 2.75) is 36.9 Å². The van der Waals surface area contributed by atoms with Gasteiger partial charge in [-0.15, -0.1) is 0 Å². The summed E-state index contributed by atoms with van der Waals surface area (Å²) >= 11 is 0. The third kappa shape index (κ3) is 3.36. The first-order chi connectivity index (χ1) is 15.0. The molecule has 2 atom stereocenters. The van der Waals surface area contributed by atoms with E-state index in [0.29, 0.717) is 13.0 Å². The molecule has 0 unspecified atom stereocenters. The number of amides is 1. The van der Waals surface area contributed by atoms with E-state index in [1.165, 1.54) is 4.31 Å². The van der Waals surface area contributed by atoms with Crippen molar-refractivity contribution in [2.75, 3.05) is 6.54 Å². The van der Waals surface area contributed by atoms with Crippen LogP contribution in [0.25, 0.3) is 0 Å². The molecular weight excluding hydrogens is 408 g/mol. The van der Waals surface area contributed by atoms with Gasteiger partial charge < -0.3 is 4.90 Å². The van der Waals surface area contributed by atoms with Crippen LogP contribution in [0, 0.1) is 6.92 Å². The quantitative estimate of drug-likeness (QED) is 0.632. The molecule has 5 rings (SSSR count). The van der Waals surface area contributed by atoms with Gasteiger partial charge in [-0.25, -0.2) is 8.42 Å². The first-order valence-electron chi connectivity index (χ1n) is 10.5. The fourth-order valence-corrected chi connectivity index (χ4v) is 6.38. The molecule has 0 N–H and O–H groups in total. The molecule has 0 spiro atoms. The van der Waals surface area contributed by atoms with E-state index >= 15 is 0 Å². The highest BCUT2D eigenvalue weighted by Gasteiger charge is 2.53. The zero-order chi connectivity index (χ0) is 21.6. The predicted octanol–water partition coefficient (Wildman–Crippen LogP) is 3.69. The standard InChI is InChI=1S/C25H24N2O3S/c1-18-11-13-21(14-12-18)31(29,30)27-23(17-19-7-3-2-4-8-19)25(28)26-16-15-20-9-5-6-10-22(20)24(26)27/h2-14,23-24H,15-17H2,1H3/t23-,24+/m0/s1. The maximum absolute atomic E-state index is 13.9. The maximum Gasteiger partial charge on any atom is 0.245 e. The Kier molecular flexibility index (Phi) is 4.91. The molecule has 0 radical (unpaired) electrons. The Bertz CT molecular complexity index is 1220. The van der Waals surface area contributed by atoms with Crippen molar-refractivity contribution >= 4 is 15.9 Å². The van der Waals surface area contributed by atoms with Crippen LogP contribution in [-0.4, -0.2) is 36.1 Å². The number of rotatable bonds is 4. The molecule has 1 amide bonds. The average molecular weight is 433 g/mol. The van der Waals surface area contributed by atoms with Crippen LogP contribution in [0.4, 0.5) is 0 Å². The SMILES string of the molecule is Cc1ccc(S(=O)(=O)N2[C@@H]3c4ccccc4CCN3C(=O)[C@@H]2Cc2ccccc2)cc1. The molecule has 0 aromatic heterocycles. The Morgan fingerprint density at radius 3 is 2.32 bits per heavy atom. The fraction of sp³-hybridized carbons (Fsp3) is 0.240. The lowest BCUT2D eigenvalue weighted by molar-refractivity contribution is -0.130. The minimum Gasteiger partial charge on any atom is -0.320 e. The second-order valence-electron chi connectivity index (χ2n) is 8.21. The molecule has 6 heteroatoms. The van der Waals surface area contributed by atoms with Crippen LogP contribution in [0.5, 0.6) is 0 Å². The number of hydrogen-bond acceptors (Lipinski definition) is 3. The monoisotopic (exact) mass is 432 g/mol. The summed E-state index contributed by atoms with van der Waals surface area (Å²) in [6.45, 7) is 2.44. The summed E-state index contributed by atoms with van der Waals surface area (Å²) in [6.07, 6.45) is 0.465. The van der Waals surface area contributed by atoms with Crippen LogP contribution in [0.1, 0.15) is 28.4 Å². The Hall–Kier alpha value is -2.96. The largest absolute Gasteiger partial charge is 0.320 e. The summed E-state index contributed by atoms with van der Waals surface area (Å²) in [5, 5.41) is 0. The van der Waals surface area contributed by atoms with Gasteiger partial charge >= 0.3 is 0 Å². The van der Waals surface area contributed by atoms with Gasteiger partial charge in [0.05, 0.1) is 4.90 Å². The maximum atomic E-state index is 13.9. The lowest BCUT2D eigenvalue weighted by atomic mass is 9.98. The Balaban J connectivity index is 1.66. The summed E-state index contributed by atoms with van der Waals surface area (Å²) < 4.78 is 29.3. The third-order valence-corrected chi connectivity index (χ3v) is 8.11. The molecule has 2 heterocycles. The molecule has 3 aromatic carbocycles. The van der Waals surface area contributed by atoms with Crippen LogP contribution in [0.15, 0.2) is 83.8 Å². The van der Waals surface area contributed by atoms with Crippen molar-refractivity contribution in [3.63, 3.8) is 0 Å². The van der Waals surface area contributed by atoms with Crippen molar-refractivity contribution in [1.29, 1.82) is 0 Å². The van der Waals surface area contributed by atoms with Gasteiger partial charge in [-0.2, -0.15) is 4.31 Å². The smallest absolute Gasteiger partial charge is 0.245 e. The number of hydrogen-bond donors (Lipinski definition) is 0. The van der Waals surface area contributed by atoms with E-state index in [9.17, 15) is 13.2 Å². The molecule has 3 aromatic rings. The Morgan fingerprint density at radius 2 is 1.58 bits per heavy atom. The minimum absolute atomic E-state index is 0.126. The minimum atomic E-state index is -3.90. The van der Waals surface area contributed by atoms with E-state index < -0.39 is 22.2 Å². The van der Waals surface area contributed by atoms with E-state index in [4.69, 9.17) is 0 Å². The number of carbonyl (C=O) groups excluding carboxylic acids is 1. The average Bonchev–Trinajstić information content (AvgIpc) is 3.07. The van der Waals surface area contributed by atoms with Gasteiger partial charge in [0.25, 0.3) is 0 Å². The van der Waals surface area contributed by atoms with Crippen LogP contribution in [-0.2, 0) is 27.7 Å². The number of carbonyl (C=O) groups is 1. The van der Waals surface area contributed by atoms with Crippen molar-refractivity contribution < 1.29 is 13.2 Å². The van der Waals surface area contributed by atoms with E-state index in [1.54, 1.807) is 29.2 Å². The molecule has 0 saturated carbocycles. The van der Waals surface area contributed by atoms with Gasteiger partial charge in [0.15, 0.2) is 0 Å². The summed E-state index contributed by atoms with van der Waals surface area (Å²) in [5.74, 6) is -0.126. The molecular formula is C25H24N2O3S. The molecule has 31 heavy (non-hydrogen) atoms. The van der Waals surface area contributed by atoms with Crippen molar-refractivity contribution in [3.05, 3.63) is 101 Å². The summed E-state index contributed by atoms with van der Waals surface area (Å²) in [4.78, 5) is 15.5. The van der Waals surface area contributed by atoms with Gasteiger partial charge in [-0.1, -0.05) is 72.3 Å². The molecule has 2 aliphatic heterocycles. The highest BCUT2D eigenvalue weighted by Crippen LogP contribution is 2.43. The molecule has 2 aliphatic rings. The topological polar surface area (TPSA) is 57.7 Å². The molecule has 1 saturated heterocycles. The van der Waals surface area contributed by atoms with Crippen LogP contribution >= 0.6 is 0 Å². The molecule has 0 bridgehead atoms. The zero-order valence-electron chi connectivity index (χ0n) is 17.3. The summed E-state index contributed by atoms with van der Waals surface area (Å²) in [7, 11) is -3.90. The van der Waals surface area contributed by atoms with Crippen LogP contribution in [0.3, 0.4) is 0 Å². The molecule has 1 fully saturated rings. The zero-order valence-corrected chi connectivity index (χ0v) is 18.1. The second-order valence-corrected chi connectivity index (χ2v) is 10.1. The lowest BCUT2D eigenvalue weighted by Gasteiger charge is -2.35. The fourth-order valence-electron chi connectivity index (χ4n) is 4.67. The van der Waals surface area contributed by atoms with E-state index in [0.717, 1.165) is 28.7 Å². The third-order valence-electron chi connectivity index (χ3n) is 6.24. The number of aryl methyl sites for hydroxylation is 1. The summed E-state index contributed by atoms with van der Waals surface area (Å²) in [6, 6.07) is 23.5. The number of fused-ring (bicyclic) bond motifs is 3. The van der Waals surface area contributed by atoms with E-state index in [-0.39, 0.29) is 10.8 Å². The Labute approximate surface area is 183 Å². The normalized spacial score (nSPS) is 21.1. The molecule has 5 nitrogen and oxygen atoms in total. The van der Waals surface area contributed by atoms with E-state index in [1.807, 2.05) is 61.5 Å². The predicted molar refractivity (Wildman–Crippen MR) is 119 cm³/mol.